The highest BCUT2D eigenvalue weighted by Gasteiger charge is 2.07. The van der Waals surface area contributed by atoms with Gasteiger partial charge in [0.2, 0.25) is 0 Å². The lowest BCUT2D eigenvalue weighted by atomic mass is 10.3. The van der Waals surface area contributed by atoms with Crippen molar-refractivity contribution in [3.05, 3.63) is 42.2 Å². The third kappa shape index (κ3) is 2.31. The van der Waals surface area contributed by atoms with Crippen molar-refractivity contribution in [2.24, 2.45) is 7.05 Å². The molecule has 5 nitrogen and oxygen atoms in total. The first-order valence-corrected chi connectivity index (χ1v) is 5.15. The summed E-state index contributed by atoms with van der Waals surface area (Å²) in [6, 6.07) is 3.64. The van der Waals surface area contributed by atoms with Gasteiger partial charge in [-0.2, -0.15) is 0 Å². The number of carbonyl (C=O) groups is 1. The molecule has 2 aromatic heterocycles. The topological polar surface area (TPSA) is 62.7 Å². The van der Waals surface area contributed by atoms with Crippen LogP contribution in [-0.2, 0) is 13.5 Å². The zero-order chi connectivity index (χ0) is 11.4. The van der Waals surface area contributed by atoms with Crippen molar-refractivity contribution in [2.45, 2.75) is 6.42 Å². The van der Waals surface area contributed by atoms with Gasteiger partial charge in [-0.05, 0) is 12.1 Å². The molecule has 0 saturated carbocycles. The molecule has 0 saturated heterocycles. The van der Waals surface area contributed by atoms with Gasteiger partial charge in [-0.25, -0.2) is 4.98 Å². The van der Waals surface area contributed by atoms with Gasteiger partial charge < -0.3 is 14.9 Å². The van der Waals surface area contributed by atoms with Crippen LogP contribution in [-0.4, -0.2) is 27.0 Å². The molecule has 0 atom stereocenters. The van der Waals surface area contributed by atoms with E-state index in [1.807, 2.05) is 19.3 Å². The Kier molecular flexibility index (Phi) is 3.05. The normalized spacial score (nSPS) is 10.3. The number of hydrogen-bond donors (Lipinski definition) is 2. The van der Waals surface area contributed by atoms with Crippen LogP contribution in [0.15, 0.2) is 30.7 Å². The Morgan fingerprint density at radius 2 is 2.50 bits per heavy atom. The van der Waals surface area contributed by atoms with E-state index >= 15 is 0 Å². The Morgan fingerprint density at radius 1 is 1.62 bits per heavy atom. The average molecular weight is 218 g/mol. The van der Waals surface area contributed by atoms with Crippen LogP contribution < -0.4 is 5.32 Å². The molecular weight excluding hydrogens is 204 g/mol. The van der Waals surface area contributed by atoms with Gasteiger partial charge in [-0.3, -0.25) is 4.79 Å². The van der Waals surface area contributed by atoms with Crippen molar-refractivity contribution in [1.82, 2.24) is 19.9 Å². The highest BCUT2D eigenvalue weighted by Crippen LogP contribution is 1.98. The smallest absolute Gasteiger partial charge is 0.267 e. The van der Waals surface area contributed by atoms with Crippen LogP contribution in [0.2, 0.25) is 0 Å². The van der Waals surface area contributed by atoms with Crippen molar-refractivity contribution in [3.63, 3.8) is 0 Å². The molecule has 2 N–H and O–H groups in total. The standard InChI is InChI=1S/C11H14N4O/c1-15-8-2-3-9(15)11(16)14-5-4-10-12-6-7-13-10/h2-3,6-8H,4-5H2,1H3,(H,12,13)(H,14,16). The van der Waals surface area contributed by atoms with Crippen LogP contribution in [0.25, 0.3) is 0 Å². The molecule has 5 heteroatoms. The van der Waals surface area contributed by atoms with Gasteiger partial charge in [0.25, 0.3) is 5.91 Å². The van der Waals surface area contributed by atoms with E-state index in [9.17, 15) is 4.79 Å². The molecule has 1 amide bonds. The summed E-state index contributed by atoms with van der Waals surface area (Å²) in [4.78, 5) is 18.8. The maximum atomic E-state index is 11.7. The van der Waals surface area contributed by atoms with Gasteiger partial charge in [0.15, 0.2) is 0 Å². The summed E-state index contributed by atoms with van der Waals surface area (Å²) in [5, 5.41) is 2.84. The molecule has 0 unspecified atom stereocenters. The second-order valence-electron chi connectivity index (χ2n) is 3.55. The number of nitrogens with zero attached hydrogens (tertiary/aromatic N) is 2. The number of H-pyrrole nitrogens is 1. The van der Waals surface area contributed by atoms with E-state index in [4.69, 9.17) is 0 Å². The van der Waals surface area contributed by atoms with Gasteiger partial charge in [-0.15, -0.1) is 0 Å². The zero-order valence-electron chi connectivity index (χ0n) is 9.10. The summed E-state index contributed by atoms with van der Waals surface area (Å²) in [5.41, 5.74) is 0.666. The molecule has 0 bridgehead atoms. The quantitative estimate of drug-likeness (QED) is 0.794. The highest BCUT2D eigenvalue weighted by molar-refractivity contribution is 5.92. The summed E-state index contributed by atoms with van der Waals surface area (Å²) in [6.07, 6.45) is 6.04. The van der Waals surface area contributed by atoms with Crippen LogP contribution in [0.4, 0.5) is 0 Å². The average Bonchev–Trinajstić information content (AvgIpc) is 2.88. The minimum atomic E-state index is -0.0564. The monoisotopic (exact) mass is 218 g/mol. The third-order valence-corrected chi connectivity index (χ3v) is 2.38. The summed E-state index contributed by atoms with van der Waals surface area (Å²) in [6.45, 7) is 0.581. The molecule has 2 aromatic rings. The number of hydrogen-bond acceptors (Lipinski definition) is 2. The van der Waals surface area contributed by atoms with Crippen LogP contribution in [0.5, 0.6) is 0 Å². The van der Waals surface area contributed by atoms with Crippen molar-refractivity contribution in [2.75, 3.05) is 6.54 Å². The number of aromatic nitrogens is 3. The first-order valence-electron chi connectivity index (χ1n) is 5.15. The first-order chi connectivity index (χ1) is 7.77. The van der Waals surface area contributed by atoms with Crippen molar-refractivity contribution in [3.8, 4) is 0 Å². The van der Waals surface area contributed by atoms with E-state index in [1.165, 1.54) is 0 Å². The lowest BCUT2D eigenvalue weighted by Gasteiger charge is -2.04. The number of aryl methyl sites for hydroxylation is 1. The largest absolute Gasteiger partial charge is 0.350 e. The van der Waals surface area contributed by atoms with E-state index in [0.29, 0.717) is 18.7 Å². The maximum Gasteiger partial charge on any atom is 0.267 e. The summed E-state index contributed by atoms with van der Waals surface area (Å²) in [5.74, 6) is 0.825. The second-order valence-corrected chi connectivity index (χ2v) is 3.55. The maximum absolute atomic E-state index is 11.7. The van der Waals surface area contributed by atoms with Gasteiger partial charge in [0, 0.05) is 38.6 Å². The number of carbonyl (C=O) groups excluding carboxylic acids is 1. The fourth-order valence-corrected chi connectivity index (χ4v) is 1.52. The van der Waals surface area contributed by atoms with Crippen molar-refractivity contribution >= 4 is 5.91 Å². The van der Waals surface area contributed by atoms with Gasteiger partial charge in [-0.1, -0.05) is 0 Å². The van der Waals surface area contributed by atoms with Crippen LogP contribution in [0, 0.1) is 0 Å². The molecule has 0 aliphatic heterocycles. The Labute approximate surface area is 93.5 Å². The fourth-order valence-electron chi connectivity index (χ4n) is 1.52. The molecule has 0 fully saturated rings. The van der Waals surface area contributed by atoms with E-state index in [1.54, 1.807) is 23.0 Å². The fraction of sp³-hybridized carbons (Fsp3) is 0.273. The van der Waals surface area contributed by atoms with Gasteiger partial charge >= 0.3 is 0 Å². The summed E-state index contributed by atoms with van der Waals surface area (Å²) >= 11 is 0. The third-order valence-electron chi connectivity index (χ3n) is 2.38. The molecule has 0 radical (unpaired) electrons. The molecule has 0 spiro atoms. The molecule has 2 rings (SSSR count). The molecule has 84 valence electrons. The Balaban J connectivity index is 1.83. The Morgan fingerprint density at radius 3 is 3.12 bits per heavy atom. The summed E-state index contributed by atoms with van der Waals surface area (Å²) < 4.78 is 1.79. The van der Waals surface area contributed by atoms with Crippen LogP contribution >= 0.6 is 0 Å². The van der Waals surface area contributed by atoms with E-state index in [-0.39, 0.29) is 5.91 Å². The van der Waals surface area contributed by atoms with E-state index in [2.05, 4.69) is 15.3 Å². The van der Waals surface area contributed by atoms with E-state index < -0.39 is 0 Å². The zero-order valence-corrected chi connectivity index (χ0v) is 9.10. The molecule has 0 aromatic carbocycles. The van der Waals surface area contributed by atoms with E-state index in [0.717, 1.165) is 5.82 Å². The molecule has 16 heavy (non-hydrogen) atoms. The Bertz CT molecular complexity index is 458. The lowest BCUT2D eigenvalue weighted by molar-refractivity contribution is 0.0946. The molecule has 2 heterocycles. The summed E-state index contributed by atoms with van der Waals surface area (Å²) in [7, 11) is 1.85. The highest BCUT2D eigenvalue weighted by atomic mass is 16.1. The molecule has 0 aliphatic rings. The molecule has 0 aliphatic carbocycles. The van der Waals surface area contributed by atoms with Crippen molar-refractivity contribution < 1.29 is 4.79 Å². The minimum absolute atomic E-state index is 0.0564. The molecular formula is C11H14N4O. The van der Waals surface area contributed by atoms with Crippen LogP contribution in [0.1, 0.15) is 16.3 Å². The predicted octanol–water partition coefficient (Wildman–Crippen LogP) is 0.721. The predicted molar refractivity (Wildman–Crippen MR) is 60.0 cm³/mol. The number of nitrogens with one attached hydrogen (secondary N) is 2. The number of imidazole rings is 1. The first kappa shape index (κ1) is 10.5. The second kappa shape index (κ2) is 4.65. The van der Waals surface area contributed by atoms with Crippen molar-refractivity contribution in [1.29, 1.82) is 0 Å². The van der Waals surface area contributed by atoms with Crippen LogP contribution in [0.3, 0.4) is 0 Å². The Hall–Kier alpha value is -2.04. The SMILES string of the molecule is Cn1cccc1C(=O)NCCc1ncc[nH]1. The van der Waals surface area contributed by atoms with Gasteiger partial charge in [0.05, 0.1) is 0 Å². The minimum Gasteiger partial charge on any atom is -0.350 e. The number of aromatic amines is 1. The lowest BCUT2D eigenvalue weighted by Crippen LogP contribution is -2.27. The van der Waals surface area contributed by atoms with Gasteiger partial charge in [0.1, 0.15) is 11.5 Å². The number of rotatable bonds is 4. The number of amides is 1.